The standard InChI is InChI=1S/C26H35N3O2/c1-3-31-24-11-9-23(10-12-24)26(14-17-30-18-15-26)20-28-25(27-2)29-16-13-22(19-29)21-7-5-4-6-8-21/h4-12,22H,3,13-20H2,1-2H3,(H,27,28). The number of aliphatic imine (C=N–C) groups is 1. The zero-order chi connectivity index (χ0) is 21.5. The topological polar surface area (TPSA) is 46.1 Å². The number of guanidine groups is 1. The van der Waals surface area contributed by atoms with Crippen molar-refractivity contribution in [2.24, 2.45) is 4.99 Å². The van der Waals surface area contributed by atoms with Crippen LogP contribution >= 0.6 is 0 Å². The van der Waals surface area contributed by atoms with Gasteiger partial charge < -0.3 is 19.7 Å². The molecule has 5 heteroatoms. The average molecular weight is 422 g/mol. The lowest BCUT2D eigenvalue weighted by Crippen LogP contribution is -2.48. The molecular weight excluding hydrogens is 386 g/mol. The predicted octanol–water partition coefficient (Wildman–Crippen LogP) is 4.20. The summed E-state index contributed by atoms with van der Waals surface area (Å²) in [5.41, 5.74) is 2.83. The molecule has 0 amide bonds. The van der Waals surface area contributed by atoms with Gasteiger partial charge in [-0.1, -0.05) is 42.5 Å². The fourth-order valence-electron chi connectivity index (χ4n) is 4.93. The van der Waals surface area contributed by atoms with Crippen LogP contribution in [0.25, 0.3) is 0 Å². The summed E-state index contributed by atoms with van der Waals surface area (Å²) < 4.78 is 11.4. The van der Waals surface area contributed by atoms with Gasteiger partial charge in [-0.2, -0.15) is 0 Å². The van der Waals surface area contributed by atoms with Crippen molar-refractivity contribution in [1.29, 1.82) is 0 Å². The van der Waals surface area contributed by atoms with E-state index in [0.717, 1.165) is 57.4 Å². The lowest BCUT2D eigenvalue weighted by atomic mass is 9.74. The molecule has 2 saturated heterocycles. The van der Waals surface area contributed by atoms with Crippen LogP contribution in [0.2, 0.25) is 0 Å². The van der Waals surface area contributed by atoms with Crippen LogP contribution in [0.1, 0.15) is 43.2 Å². The zero-order valence-electron chi connectivity index (χ0n) is 18.8. The van der Waals surface area contributed by atoms with Gasteiger partial charge in [0.15, 0.2) is 5.96 Å². The molecule has 0 saturated carbocycles. The molecule has 0 bridgehead atoms. The van der Waals surface area contributed by atoms with Crippen LogP contribution in [0.15, 0.2) is 59.6 Å². The van der Waals surface area contributed by atoms with E-state index in [4.69, 9.17) is 9.47 Å². The van der Waals surface area contributed by atoms with Crippen LogP contribution < -0.4 is 10.1 Å². The van der Waals surface area contributed by atoms with Crippen molar-refractivity contribution in [3.8, 4) is 5.75 Å². The quantitative estimate of drug-likeness (QED) is 0.561. The largest absolute Gasteiger partial charge is 0.494 e. The van der Waals surface area contributed by atoms with E-state index in [1.807, 2.05) is 14.0 Å². The molecule has 0 spiro atoms. The summed E-state index contributed by atoms with van der Waals surface area (Å²) in [4.78, 5) is 7.03. The van der Waals surface area contributed by atoms with E-state index in [1.54, 1.807) is 0 Å². The summed E-state index contributed by atoms with van der Waals surface area (Å²) in [5, 5.41) is 3.72. The Morgan fingerprint density at radius 2 is 1.87 bits per heavy atom. The second kappa shape index (κ2) is 10.2. The molecule has 4 rings (SSSR count). The minimum Gasteiger partial charge on any atom is -0.494 e. The summed E-state index contributed by atoms with van der Waals surface area (Å²) in [6.45, 7) is 7.23. The SMILES string of the molecule is CCOc1ccc(C2(CNC(=NC)N3CCC(c4ccccc4)C3)CCOCC2)cc1. The molecule has 166 valence electrons. The summed E-state index contributed by atoms with van der Waals surface area (Å²) in [6.07, 6.45) is 3.19. The molecule has 2 aliphatic heterocycles. The van der Waals surface area contributed by atoms with Gasteiger partial charge in [0, 0.05) is 51.2 Å². The van der Waals surface area contributed by atoms with Crippen molar-refractivity contribution < 1.29 is 9.47 Å². The van der Waals surface area contributed by atoms with Crippen molar-refractivity contribution in [2.75, 3.05) is 46.5 Å². The van der Waals surface area contributed by atoms with Gasteiger partial charge >= 0.3 is 0 Å². The molecule has 2 aromatic carbocycles. The first-order valence-corrected chi connectivity index (χ1v) is 11.6. The van der Waals surface area contributed by atoms with Gasteiger partial charge in [-0.05, 0) is 49.4 Å². The Hall–Kier alpha value is -2.53. The van der Waals surface area contributed by atoms with Gasteiger partial charge in [-0.25, -0.2) is 0 Å². The molecule has 5 nitrogen and oxygen atoms in total. The van der Waals surface area contributed by atoms with Crippen molar-refractivity contribution in [3.63, 3.8) is 0 Å². The Morgan fingerprint density at radius 3 is 2.55 bits per heavy atom. The zero-order valence-corrected chi connectivity index (χ0v) is 18.8. The molecule has 2 aliphatic rings. The molecule has 31 heavy (non-hydrogen) atoms. The number of benzene rings is 2. The van der Waals surface area contributed by atoms with Gasteiger partial charge in [0.25, 0.3) is 0 Å². The molecule has 2 heterocycles. The lowest BCUT2D eigenvalue weighted by molar-refractivity contribution is 0.0512. The number of nitrogens with zero attached hydrogens (tertiary/aromatic N) is 2. The predicted molar refractivity (Wildman–Crippen MR) is 126 cm³/mol. The van der Waals surface area contributed by atoms with Gasteiger partial charge in [0.1, 0.15) is 5.75 Å². The Balaban J connectivity index is 1.44. The highest BCUT2D eigenvalue weighted by molar-refractivity contribution is 5.80. The molecule has 2 fully saturated rings. The monoisotopic (exact) mass is 421 g/mol. The maximum Gasteiger partial charge on any atom is 0.193 e. The second-order valence-electron chi connectivity index (χ2n) is 8.59. The van der Waals surface area contributed by atoms with Gasteiger partial charge in [0.05, 0.1) is 6.61 Å². The van der Waals surface area contributed by atoms with Crippen LogP contribution in [0, 0.1) is 0 Å². The maximum atomic E-state index is 5.71. The summed E-state index contributed by atoms with van der Waals surface area (Å²) >= 11 is 0. The Kier molecular flexibility index (Phi) is 7.13. The fraction of sp³-hybridized carbons (Fsp3) is 0.500. The van der Waals surface area contributed by atoms with Crippen molar-refractivity contribution in [1.82, 2.24) is 10.2 Å². The minimum absolute atomic E-state index is 0.0531. The first-order chi connectivity index (χ1) is 15.2. The third kappa shape index (κ3) is 5.04. The van der Waals surface area contributed by atoms with Crippen LogP contribution in [0.3, 0.4) is 0 Å². The van der Waals surface area contributed by atoms with E-state index in [9.17, 15) is 0 Å². The highest BCUT2D eigenvalue weighted by Gasteiger charge is 2.35. The van der Waals surface area contributed by atoms with E-state index in [2.05, 4.69) is 69.8 Å². The van der Waals surface area contributed by atoms with E-state index >= 15 is 0 Å². The Bertz CT molecular complexity index is 845. The first kappa shape index (κ1) is 21.7. The molecule has 2 aromatic rings. The normalized spacial score (nSPS) is 21.2. The molecular formula is C26H35N3O2. The summed E-state index contributed by atoms with van der Waals surface area (Å²) in [6, 6.07) is 19.5. The summed E-state index contributed by atoms with van der Waals surface area (Å²) in [7, 11) is 1.89. The van der Waals surface area contributed by atoms with Gasteiger partial charge in [0.2, 0.25) is 0 Å². The molecule has 0 aliphatic carbocycles. The number of ether oxygens (including phenoxy) is 2. The molecule has 0 aromatic heterocycles. The van der Waals surface area contributed by atoms with Crippen molar-refractivity contribution in [3.05, 3.63) is 65.7 Å². The van der Waals surface area contributed by atoms with E-state index in [1.165, 1.54) is 17.5 Å². The number of nitrogens with one attached hydrogen (secondary N) is 1. The van der Waals surface area contributed by atoms with Crippen molar-refractivity contribution in [2.45, 2.75) is 37.5 Å². The molecule has 1 atom stereocenters. The Labute approximate surface area is 186 Å². The van der Waals surface area contributed by atoms with Gasteiger partial charge in [-0.15, -0.1) is 0 Å². The number of rotatable bonds is 6. The smallest absolute Gasteiger partial charge is 0.193 e. The fourth-order valence-corrected chi connectivity index (χ4v) is 4.93. The molecule has 1 N–H and O–H groups in total. The highest BCUT2D eigenvalue weighted by atomic mass is 16.5. The van der Waals surface area contributed by atoms with E-state index < -0.39 is 0 Å². The third-order valence-electron chi connectivity index (χ3n) is 6.78. The number of hydrogen-bond donors (Lipinski definition) is 1. The first-order valence-electron chi connectivity index (χ1n) is 11.6. The average Bonchev–Trinajstić information content (AvgIpc) is 3.32. The summed E-state index contributed by atoms with van der Waals surface area (Å²) in [5.74, 6) is 2.51. The van der Waals surface area contributed by atoms with Crippen LogP contribution in [-0.2, 0) is 10.2 Å². The van der Waals surface area contributed by atoms with E-state index in [-0.39, 0.29) is 5.41 Å². The maximum absolute atomic E-state index is 5.71. The van der Waals surface area contributed by atoms with Crippen LogP contribution in [0.5, 0.6) is 5.75 Å². The van der Waals surface area contributed by atoms with Crippen LogP contribution in [0.4, 0.5) is 0 Å². The third-order valence-corrected chi connectivity index (χ3v) is 6.78. The minimum atomic E-state index is 0.0531. The van der Waals surface area contributed by atoms with Crippen molar-refractivity contribution >= 4 is 5.96 Å². The molecule has 0 radical (unpaired) electrons. The molecule has 1 unspecified atom stereocenters. The lowest BCUT2D eigenvalue weighted by Gasteiger charge is -2.39. The highest BCUT2D eigenvalue weighted by Crippen LogP contribution is 2.35. The number of likely N-dealkylation sites (tertiary alicyclic amines) is 1. The Morgan fingerprint density at radius 1 is 1.13 bits per heavy atom. The van der Waals surface area contributed by atoms with Gasteiger partial charge in [-0.3, -0.25) is 4.99 Å². The van der Waals surface area contributed by atoms with E-state index in [0.29, 0.717) is 12.5 Å². The number of hydrogen-bond acceptors (Lipinski definition) is 3. The van der Waals surface area contributed by atoms with Crippen LogP contribution in [-0.4, -0.2) is 57.4 Å². The second-order valence-corrected chi connectivity index (χ2v) is 8.59.